The molecule has 0 aromatic carbocycles. The quantitative estimate of drug-likeness (QED) is 0.435. The third kappa shape index (κ3) is 1.93. The van der Waals surface area contributed by atoms with E-state index in [2.05, 4.69) is 5.32 Å². The SMILES string of the molecule is CN/C(Cl)=C(/F)C=N. The summed E-state index contributed by atoms with van der Waals surface area (Å²) < 4.78 is 12.0. The van der Waals surface area contributed by atoms with Crippen LogP contribution in [-0.4, -0.2) is 13.3 Å². The molecule has 0 radical (unpaired) electrons. The number of rotatable bonds is 2. The standard InChI is InChI=1S/C4H6ClFN2/c1-8-4(5)3(6)2-7/h2,7-8H,1H3/b4-3+,7-2?. The van der Waals surface area contributed by atoms with E-state index in [0.717, 1.165) is 0 Å². The minimum absolute atomic E-state index is 0.139. The van der Waals surface area contributed by atoms with Crippen LogP contribution in [0.3, 0.4) is 0 Å². The van der Waals surface area contributed by atoms with Crippen molar-refractivity contribution >= 4 is 17.8 Å². The minimum Gasteiger partial charge on any atom is -0.376 e. The maximum atomic E-state index is 12.0. The van der Waals surface area contributed by atoms with Crippen molar-refractivity contribution in [1.82, 2.24) is 5.32 Å². The van der Waals surface area contributed by atoms with Gasteiger partial charge in [0.2, 0.25) is 0 Å². The van der Waals surface area contributed by atoms with Crippen LogP contribution >= 0.6 is 11.6 Å². The van der Waals surface area contributed by atoms with E-state index in [1.165, 1.54) is 7.05 Å². The number of hydrogen-bond donors (Lipinski definition) is 2. The first-order valence-electron chi connectivity index (χ1n) is 1.96. The number of halogens is 2. The molecule has 0 atom stereocenters. The highest BCUT2D eigenvalue weighted by atomic mass is 35.5. The molecule has 0 aliphatic heterocycles. The summed E-state index contributed by atoms with van der Waals surface area (Å²) in [5.41, 5.74) is 0. The highest BCUT2D eigenvalue weighted by Gasteiger charge is 1.94. The van der Waals surface area contributed by atoms with E-state index in [0.29, 0.717) is 6.21 Å². The van der Waals surface area contributed by atoms with Gasteiger partial charge in [-0.1, -0.05) is 11.6 Å². The van der Waals surface area contributed by atoms with Gasteiger partial charge in [0.05, 0.1) is 6.21 Å². The van der Waals surface area contributed by atoms with Crippen molar-refractivity contribution in [3.63, 3.8) is 0 Å². The van der Waals surface area contributed by atoms with Crippen LogP contribution in [-0.2, 0) is 0 Å². The van der Waals surface area contributed by atoms with Gasteiger partial charge in [-0.3, -0.25) is 0 Å². The molecule has 0 spiro atoms. The Hall–Kier alpha value is -0.570. The zero-order chi connectivity index (χ0) is 6.57. The van der Waals surface area contributed by atoms with Crippen molar-refractivity contribution in [2.24, 2.45) is 0 Å². The van der Waals surface area contributed by atoms with Crippen molar-refractivity contribution in [1.29, 1.82) is 5.41 Å². The molecule has 2 N–H and O–H groups in total. The Morgan fingerprint density at radius 3 is 2.50 bits per heavy atom. The number of nitrogens with one attached hydrogen (secondary N) is 2. The maximum Gasteiger partial charge on any atom is 0.175 e. The summed E-state index contributed by atoms with van der Waals surface area (Å²) in [6.07, 6.45) is 0.541. The summed E-state index contributed by atoms with van der Waals surface area (Å²) in [6.45, 7) is 0. The molecule has 0 saturated heterocycles. The molecular weight excluding hydrogens is 131 g/mol. The fourth-order valence-electron chi connectivity index (χ4n) is 0.183. The van der Waals surface area contributed by atoms with E-state index in [4.69, 9.17) is 17.0 Å². The minimum atomic E-state index is -0.755. The average Bonchev–Trinajstić information content (AvgIpc) is 1.84. The van der Waals surface area contributed by atoms with Crippen LogP contribution < -0.4 is 5.32 Å². The fourth-order valence-corrected chi connectivity index (χ4v) is 0.237. The molecule has 0 bridgehead atoms. The van der Waals surface area contributed by atoms with E-state index in [1.807, 2.05) is 0 Å². The smallest absolute Gasteiger partial charge is 0.175 e. The van der Waals surface area contributed by atoms with Crippen LogP contribution in [0.1, 0.15) is 0 Å². The highest BCUT2D eigenvalue weighted by Crippen LogP contribution is 2.02. The first-order chi connectivity index (χ1) is 3.72. The van der Waals surface area contributed by atoms with Gasteiger partial charge < -0.3 is 10.7 Å². The molecule has 0 aromatic heterocycles. The molecule has 4 heteroatoms. The molecule has 2 nitrogen and oxygen atoms in total. The fraction of sp³-hybridized carbons (Fsp3) is 0.250. The summed E-state index contributed by atoms with van der Waals surface area (Å²) in [5, 5.41) is 8.56. The Kier molecular flexibility index (Phi) is 3.19. The molecular formula is C4H6ClFN2. The van der Waals surface area contributed by atoms with Gasteiger partial charge in [-0.2, -0.15) is 0 Å². The van der Waals surface area contributed by atoms with Gasteiger partial charge in [-0.25, -0.2) is 4.39 Å². The molecule has 46 valence electrons. The molecule has 0 saturated carbocycles. The molecule has 0 amide bonds. The molecule has 0 aliphatic rings. The van der Waals surface area contributed by atoms with E-state index < -0.39 is 5.83 Å². The Balaban J connectivity index is 4.03. The second kappa shape index (κ2) is 3.43. The van der Waals surface area contributed by atoms with Crippen molar-refractivity contribution in [3.8, 4) is 0 Å². The Morgan fingerprint density at radius 1 is 1.88 bits per heavy atom. The van der Waals surface area contributed by atoms with Crippen LogP contribution in [0.2, 0.25) is 0 Å². The Morgan fingerprint density at radius 2 is 2.38 bits per heavy atom. The summed E-state index contributed by atoms with van der Waals surface area (Å²) in [4.78, 5) is 0. The predicted molar refractivity (Wildman–Crippen MR) is 31.8 cm³/mol. The third-order valence-corrected chi connectivity index (χ3v) is 0.925. The molecule has 8 heavy (non-hydrogen) atoms. The summed E-state index contributed by atoms with van der Waals surface area (Å²) in [5.74, 6) is -0.755. The summed E-state index contributed by atoms with van der Waals surface area (Å²) in [6, 6.07) is 0. The molecule has 0 fully saturated rings. The number of allylic oxidation sites excluding steroid dienone is 1. The topological polar surface area (TPSA) is 35.9 Å². The molecule has 0 rings (SSSR count). The lowest BCUT2D eigenvalue weighted by Crippen LogP contribution is -2.01. The van der Waals surface area contributed by atoms with Gasteiger partial charge in [0.15, 0.2) is 5.83 Å². The molecule has 0 unspecified atom stereocenters. The Labute approximate surface area is 51.8 Å². The van der Waals surface area contributed by atoms with Crippen LogP contribution in [0.15, 0.2) is 11.0 Å². The lowest BCUT2D eigenvalue weighted by molar-refractivity contribution is 0.671. The van der Waals surface area contributed by atoms with Gasteiger partial charge in [-0.15, -0.1) is 0 Å². The third-order valence-electron chi connectivity index (χ3n) is 0.556. The monoisotopic (exact) mass is 136 g/mol. The average molecular weight is 137 g/mol. The first kappa shape index (κ1) is 7.43. The first-order valence-corrected chi connectivity index (χ1v) is 2.33. The van der Waals surface area contributed by atoms with Crippen LogP contribution in [0.5, 0.6) is 0 Å². The highest BCUT2D eigenvalue weighted by molar-refractivity contribution is 6.30. The van der Waals surface area contributed by atoms with Crippen LogP contribution in [0.4, 0.5) is 4.39 Å². The van der Waals surface area contributed by atoms with Crippen molar-refractivity contribution in [2.45, 2.75) is 0 Å². The number of hydrogen-bond acceptors (Lipinski definition) is 2. The van der Waals surface area contributed by atoms with Crippen LogP contribution in [0, 0.1) is 5.41 Å². The zero-order valence-corrected chi connectivity index (χ0v) is 5.09. The second-order valence-electron chi connectivity index (χ2n) is 1.06. The van der Waals surface area contributed by atoms with E-state index in [1.54, 1.807) is 0 Å². The van der Waals surface area contributed by atoms with Gasteiger partial charge in [-0.05, 0) is 0 Å². The lowest BCUT2D eigenvalue weighted by atomic mass is 10.6. The van der Waals surface area contributed by atoms with Gasteiger partial charge in [0.25, 0.3) is 0 Å². The summed E-state index contributed by atoms with van der Waals surface area (Å²) >= 11 is 5.16. The van der Waals surface area contributed by atoms with Crippen molar-refractivity contribution in [3.05, 3.63) is 11.0 Å². The lowest BCUT2D eigenvalue weighted by Gasteiger charge is -1.92. The van der Waals surface area contributed by atoms with Gasteiger partial charge in [0, 0.05) is 7.05 Å². The molecule has 0 aliphatic carbocycles. The van der Waals surface area contributed by atoms with Gasteiger partial charge in [0.1, 0.15) is 5.16 Å². The van der Waals surface area contributed by atoms with Gasteiger partial charge >= 0.3 is 0 Å². The predicted octanol–water partition coefficient (Wildman–Crippen LogP) is 1.23. The summed E-state index contributed by atoms with van der Waals surface area (Å²) in [7, 11) is 1.48. The largest absolute Gasteiger partial charge is 0.376 e. The normalized spacial score (nSPS) is 12.4. The van der Waals surface area contributed by atoms with E-state index >= 15 is 0 Å². The Bertz CT molecular complexity index is 121. The van der Waals surface area contributed by atoms with Crippen LogP contribution in [0.25, 0.3) is 0 Å². The van der Waals surface area contributed by atoms with E-state index in [-0.39, 0.29) is 5.16 Å². The maximum absolute atomic E-state index is 12.0. The second-order valence-corrected chi connectivity index (χ2v) is 1.43. The van der Waals surface area contributed by atoms with E-state index in [9.17, 15) is 4.39 Å². The van der Waals surface area contributed by atoms with Crippen molar-refractivity contribution < 1.29 is 4.39 Å². The zero-order valence-electron chi connectivity index (χ0n) is 4.33. The molecule has 0 aromatic rings. The van der Waals surface area contributed by atoms with Crippen molar-refractivity contribution in [2.75, 3.05) is 7.05 Å². The molecule has 0 heterocycles.